The third-order valence-electron chi connectivity index (χ3n) is 10.7. The van der Waals surface area contributed by atoms with Crippen molar-refractivity contribution in [3.63, 3.8) is 0 Å². The van der Waals surface area contributed by atoms with Crippen molar-refractivity contribution >= 4 is 23.9 Å². The second-order valence-electron chi connectivity index (χ2n) is 16.2. The van der Waals surface area contributed by atoms with Crippen LogP contribution in [-0.4, -0.2) is 157 Å². The zero-order valence-electron chi connectivity index (χ0n) is 39.3. The number of carbonyl (C=O) groups is 4. The summed E-state index contributed by atoms with van der Waals surface area (Å²) in [4.78, 5) is 44.0. The number of hydrogen-bond acceptors (Lipinski definition) is 18. The molecular formula is C52H100O18. The second kappa shape index (κ2) is 44.2. The Morgan fingerprint density at radius 2 is 0.671 bits per heavy atom. The Morgan fingerprint density at radius 1 is 0.414 bits per heavy atom. The van der Waals surface area contributed by atoms with Gasteiger partial charge in [-0.25, -0.2) is 19.2 Å². The minimum absolute atomic E-state index is 0. The molecule has 4 aliphatic heterocycles. The highest BCUT2D eigenvalue weighted by Gasteiger charge is 2.36. The van der Waals surface area contributed by atoms with E-state index in [0.717, 1.165) is 37.8 Å². The summed E-state index contributed by atoms with van der Waals surface area (Å²) >= 11 is 0. The van der Waals surface area contributed by atoms with Crippen molar-refractivity contribution < 1.29 is 85.5 Å². The van der Waals surface area contributed by atoms with Gasteiger partial charge in [-0.05, 0) is 39.5 Å². The lowest BCUT2D eigenvalue weighted by Gasteiger charge is -2.35. The summed E-state index contributed by atoms with van der Waals surface area (Å²) in [6, 6.07) is 0. The molecule has 0 amide bonds. The monoisotopic (exact) mass is 1010 g/mol. The number of carbonyl (C=O) groups excluding carboxylic acids is 4. The van der Waals surface area contributed by atoms with Crippen molar-refractivity contribution in [2.45, 2.75) is 112 Å². The molecule has 0 spiro atoms. The highest BCUT2D eigenvalue weighted by molar-refractivity contribution is 5.87. The largest absolute Gasteiger partial charge is 0.462 e. The molecule has 4 fully saturated rings. The van der Waals surface area contributed by atoms with E-state index < -0.39 is 11.9 Å². The molecule has 0 aromatic carbocycles. The lowest BCUT2D eigenvalue weighted by atomic mass is 9.87. The van der Waals surface area contributed by atoms with Gasteiger partial charge < -0.3 is 66.3 Å². The molecule has 0 aromatic rings. The lowest BCUT2D eigenvalue weighted by molar-refractivity contribution is -0.185. The van der Waals surface area contributed by atoms with Crippen LogP contribution in [0.5, 0.6) is 0 Å². The molecule has 18 heteroatoms. The van der Waals surface area contributed by atoms with Crippen LogP contribution in [0.1, 0.15) is 112 Å². The Hall–Kier alpha value is -3.56. The molecule has 416 valence electrons. The minimum atomic E-state index is -0.428. The lowest BCUT2D eigenvalue weighted by Crippen LogP contribution is -2.41. The molecule has 4 heterocycles. The van der Waals surface area contributed by atoms with Crippen molar-refractivity contribution in [1.82, 2.24) is 0 Å². The Kier molecular flexibility index (Phi) is 49.1. The topological polar surface area (TPSA) is 197 Å². The molecule has 0 saturated carbocycles. The zero-order chi connectivity index (χ0) is 47.7. The third-order valence-corrected chi connectivity index (χ3v) is 10.7. The van der Waals surface area contributed by atoms with Gasteiger partial charge in [-0.2, -0.15) is 0 Å². The van der Waals surface area contributed by atoms with Gasteiger partial charge in [0.1, 0.15) is 53.6 Å². The first kappa shape index (κ1) is 77.9. The summed E-state index contributed by atoms with van der Waals surface area (Å²) in [7, 11) is 0. The molecular weight excluding hydrogens is 913 g/mol. The SMILES string of the molecule is C.C.C.C.C.C.C=C(C)C(=O)OCC1(CC)COCOC1.C=C(C)C(=O)OCCOCC1(CC)COCOC1.C=CC(=O)OCC1(CC)COCOC1.C=CC(=O)OCCOCC1(CC)COCOC1. The second-order valence-corrected chi connectivity index (χ2v) is 16.2. The molecule has 0 radical (unpaired) electrons. The van der Waals surface area contributed by atoms with Crippen LogP contribution in [-0.2, 0) is 85.5 Å². The first-order chi connectivity index (χ1) is 30.6. The quantitative estimate of drug-likeness (QED) is 0.0430. The zero-order valence-corrected chi connectivity index (χ0v) is 39.3. The van der Waals surface area contributed by atoms with E-state index in [9.17, 15) is 19.2 Å². The summed E-state index contributed by atoms with van der Waals surface area (Å²) in [5.74, 6) is -1.56. The molecule has 4 aliphatic rings. The van der Waals surface area contributed by atoms with Crippen molar-refractivity contribution in [2.24, 2.45) is 21.7 Å². The van der Waals surface area contributed by atoms with E-state index in [1.165, 1.54) is 0 Å². The van der Waals surface area contributed by atoms with Crippen molar-refractivity contribution in [3.05, 3.63) is 49.6 Å². The van der Waals surface area contributed by atoms with Gasteiger partial charge in [0.25, 0.3) is 0 Å². The maximum Gasteiger partial charge on any atom is 0.333 e. The van der Waals surface area contributed by atoms with Crippen LogP contribution < -0.4 is 0 Å². The molecule has 0 unspecified atom stereocenters. The molecule has 4 rings (SSSR count). The molecule has 18 nitrogen and oxygen atoms in total. The number of hydrogen-bond donors (Lipinski definition) is 0. The smallest absolute Gasteiger partial charge is 0.333 e. The Labute approximate surface area is 424 Å². The average molecular weight is 1010 g/mol. The Balaban J connectivity index is -0.000000190. The predicted octanol–water partition coefficient (Wildman–Crippen LogP) is 9.10. The van der Waals surface area contributed by atoms with Crippen LogP contribution in [0.15, 0.2) is 49.6 Å². The summed E-state index contributed by atoms with van der Waals surface area (Å²) in [5, 5.41) is 0. The van der Waals surface area contributed by atoms with E-state index in [4.69, 9.17) is 66.3 Å². The van der Waals surface area contributed by atoms with E-state index in [1.54, 1.807) is 13.8 Å². The Bertz CT molecular complexity index is 1390. The normalized spacial score (nSPS) is 17.5. The van der Waals surface area contributed by atoms with Gasteiger partial charge in [-0.1, -0.05) is 98.6 Å². The van der Waals surface area contributed by atoms with Gasteiger partial charge >= 0.3 is 23.9 Å². The van der Waals surface area contributed by atoms with E-state index in [1.807, 2.05) is 13.8 Å². The van der Waals surface area contributed by atoms with Gasteiger partial charge in [-0.3, -0.25) is 0 Å². The van der Waals surface area contributed by atoms with E-state index in [0.29, 0.717) is 131 Å². The van der Waals surface area contributed by atoms with Gasteiger partial charge in [0.15, 0.2) is 0 Å². The highest BCUT2D eigenvalue weighted by Crippen LogP contribution is 2.29. The van der Waals surface area contributed by atoms with E-state index in [2.05, 4.69) is 40.2 Å². The van der Waals surface area contributed by atoms with E-state index >= 15 is 0 Å². The molecule has 0 aliphatic carbocycles. The first-order valence-electron chi connectivity index (χ1n) is 21.6. The molecule has 0 aromatic heterocycles. The summed E-state index contributed by atoms with van der Waals surface area (Å²) in [6.45, 7) is 34.4. The van der Waals surface area contributed by atoms with Crippen LogP contribution in [0.25, 0.3) is 0 Å². The molecule has 0 atom stereocenters. The maximum atomic E-state index is 11.2. The average Bonchev–Trinajstić information content (AvgIpc) is 3.33. The number of esters is 4. The van der Waals surface area contributed by atoms with Gasteiger partial charge in [0, 0.05) is 34.1 Å². The predicted molar refractivity (Wildman–Crippen MR) is 274 cm³/mol. The van der Waals surface area contributed by atoms with Crippen LogP contribution in [0.4, 0.5) is 0 Å². The fourth-order valence-corrected chi connectivity index (χ4v) is 5.80. The molecule has 4 saturated heterocycles. The van der Waals surface area contributed by atoms with Crippen LogP contribution in [0.3, 0.4) is 0 Å². The van der Waals surface area contributed by atoms with Crippen molar-refractivity contribution in [2.75, 3.05) is 133 Å². The summed E-state index contributed by atoms with van der Waals surface area (Å²) in [5.41, 5.74) is 0.297. The third kappa shape index (κ3) is 31.7. The standard InChI is InChI=1S/C13H22O5.C12H20O5.C11H18O4.C10H16O4.6CH4/c1-4-13(8-16-10-17-9-13)7-15-5-6-18-12(14)11(2)3;1-3-11(13)17-6-5-14-7-12(4-2)8-15-10-16-9-12;1-4-11(5-13-8-14-6-11)7-15-10(12)9(2)3;1-3-9(11)14-7-10(4-2)5-12-8-13-6-10;;;;;;/h2,4-10H2,1,3H3;3H,1,4-10H2,2H3;2,4-8H2,1,3H3;3H,1,4-8H2,2H3;6*1H4. The summed E-state index contributed by atoms with van der Waals surface area (Å²) < 4.78 is 73.0. The van der Waals surface area contributed by atoms with Gasteiger partial charge in [-0.15, -0.1) is 0 Å². The molecule has 0 N–H and O–H groups in total. The van der Waals surface area contributed by atoms with Gasteiger partial charge in [0.05, 0.1) is 90.1 Å². The van der Waals surface area contributed by atoms with E-state index in [-0.39, 0.29) is 91.4 Å². The van der Waals surface area contributed by atoms with Crippen molar-refractivity contribution in [3.8, 4) is 0 Å². The fourth-order valence-electron chi connectivity index (χ4n) is 5.80. The van der Waals surface area contributed by atoms with Crippen LogP contribution in [0.2, 0.25) is 0 Å². The van der Waals surface area contributed by atoms with Crippen LogP contribution in [0, 0.1) is 21.7 Å². The van der Waals surface area contributed by atoms with Crippen LogP contribution >= 0.6 is 0 Å². The fraction of sp³-hybridized carbons (Fsp3) is 0.769. The highest BCUT2D eigenvalue weighted by atomic mass is 16.7. The minimum Gasteiger partial charge on any atom is -0.462 e. The number of rotatable bonds is 22. The Morgan fingerprint density at radius 3 is 0.957 bits per heavy atom. The van der Waals surface area contributed by atoms with Gasteiger partial charge in [0.2, 0.25) is 0 Å². The molecule has 0 bridgehead atoms. The molecule has 70 heavy (non-hydrogen) atoms. The number of ether oxygens (including phenoxy) is 14. The summed E-state index contributed by atoms with van der Waals surface area (Å²) in [6.07, 6.45) is 5.87. The first-order valence-corrected chi connectivity index (χ1v) is 21.6. The van der Waals surface area contributed by atoms with Crippen molar-refractivity contribution in [1.29, 1.82) is 0 Å². The maximum absolute atomic E-state index is 11.2.